The Kier molecular flexibility index (Phi) is 1.83. The number of hydrogen-bond acceptors (Lipinski definition) is 2. The fourth-order valence-electron chi connectivity index (χ4n) is 1.66. The summed E-state index contributed by atoms with van der Waals surface area (Å²) < 4.78 is 1.92. The molecule has 1 aliphatic rings. The van der Waals surface area contributed by atoms with Crippen molar-refractivity contribution >= 4 is 5.91 Å². The predicted octanol–water partition coefficient (Wildman–Crippen LogP) is 0.750. The van der Waals surface area contributed by atoms with Crippen LogP contribution in [0.25, 0.3) is 0 Å². The van der Waals surface area contributed by atoms with E-state index in [0.717, 1.165) is 24.2 Å². The summed E-state index contributed by atoms with van der Waals surface area (Å²) in [7, 11) is 0. The van der Waals surface area contributed by atoms with Crippen molar-refractivity contribution in [1.82, 2.24) is 15.1 Å². The zero-order valence-corrected chi connectivity index (χ0v) is 7.87. The average molecular weight is 179 g/mol. The summed E-state index contributed by atoms with van der Waals surface area (Å²) in [6, 6.07) is 0.328. The quantitative estimate of drug-likeness (QED) is 0.691. The molecule has 0 atom stereocenters. The summed E-state index contributed by atoms with van der Waals surface area (Å²) in [6.45, 7) is 4.86. The number of carbonyl (C=O) groups is 1. The molecule has 0 unspecified atom stereocenters. The summed E-state index contributed by atoms with van der Waals surface area (Å²) in [5.41, 5.74) is 1.80. The van der Waals surface area contributed by atoms with Gasteiger partial charge in [-0.3, -0.25) is 9.48 Å². The SMILES string of the molecule is CC(C)n1ncc2c1CCNC2=O. The van der Waals surface area contributed by atoms with Crippen LogP contribution in [0.1, 0.15) is 35.9 Å². The Hall–Kier alpha value is -1.32. The lowest BCUT2D eigenvalue weighted by atomic mass is 10.1. The summed E-state index contributed by atoms with van der Waals surface area (Å²) >= 11 is 0. The Morgan fingerprint density at radius 1 is 1.62 bits per heavy atom. The first-order valence-corrected chi connectivity index (χ1v) is 4.54. The molecule has 1 aromatic rings. The fourth-order valence-corrected chi connectivity index (χ4v) is 1.66. The number of nitrogens with zero attached hydrogens (tertiary/aromatic N) is 2. The van der Waals surface area contributed by atoms with Crippen LogP contribution in [0.3, 0.4) is 0 Å². The molecule has 13 heavy (non-hydrogen) atoms. The van der Waals surface area contributed by atoms with Crippen molar-refractivity contribution in [3.63, 3.8) is 0 Å². The minimum absolute atomic E-state index is 0.00755. The number of fused-ring (bicyclic) bond motifs is 1. The number of amides is 1. The Bertz CT molecular complexity index is 341. The monoisotopic (exact) mass is 179 g/mol. The minimum Gasteiger partial charge on any atom is -0.352 e. The molecule has 1 aromatic heterocycles. The topological polar surface area (TPSA) is 46.9 Å². The van der Waals surface area contributed by atoms with Gasteiger partial charge >= 0.3 is 0 Å². The number of rotatable bonds is 1. The third kappa shape index (κ3) is 1.22. The van der Waals surface area contributed by atoms with Crippen LogP contribution in [-0.4, -0.2) is 22.2 Å². The molecule has 0 saturated heterocycles. The molecule has 0 aromatic carbocycles. The van der Waals surface area contributed by atoms with Crippen molar-refractivity contribution in [3.8, 4) is 0 Å². The molecule has 0 fully saturated rings. The highest BCUT2D eigenvalue weighted by atomic mass is 16.1. The zero-order valence-electron chi connectivity index (χ0n) is 7.87. The lowest BCUT2D eigenvalue weighted by molar-refractivity contribution is 0.0945. The van der Waals surface area contributed by atoms with E-state index in [1.54, 1.807) is 6.20 Å². The summed E-state index contributed by atoms with van der Waals surface area (Å²) in [5.74, 6) is 0.00755. The molecule has 4 nitrogen and oxygen atoms in total. The van der Waals surface area contributed by atoms with Crippen LogP contribution in [0.5, 0.6) is 0 Å². The molecule has 0 bridgehead atoms. The van der Waals surface area contributed by atoms with E-state index in [4.69, 9.17) is 0 Å². The van der Waals surface area contributed by atoms with Crippen molar-refractivity contribution in [2.45, 2.75) is 26.3 Å². The van der Waals surface area contributed by atoms with Crippen LogP contribution in [0.15, 0.2) is 6.20 Å². The van der Waals surface area contributed by atoms with E-state index in [1.807, 2.05) is 4.68 Å². The molecule has 4 heteroatoms. The maximum atomic E-state index is 11.4. The molecule has 1 aliphatic heterocycles. The van der Waals surface area contributed by atoms with Gasteiger partial charge in [0, 0.05) is 19.0 Å². The fraction of sp³-hybridized carbons (Fsp3) is 0.556. The third-order valence-corrected chi connectivity index (χ3v) is 2.28. The highest BCUT2D eigenvalue weighted by Crippen LogP contribution is 2.16. The van der Waals surface area contributed by atoms with Gasteiger partial charge in [-0.05, 0) is 13.8 Å². The largest absolute Gasteiger partial charge is 0.352 e. The molecule has 0 radical (unpaired) electrons. The van der Waals surface area contributed by atoms with Crippen LogP contribution in [0.4, 0.5) is 0 Å². The minimum atomic E-state index is 0.00755. The molecule has 1 amide bonds. The van der Waals surface area contributed by atoms with Crippen molar-refractivity contribution in [3.05, 3.63) is 17.5 Å². The second kappa shape index (κ2) is 2.87. The average Bonchev–Trinajstić information content (AvgIpc) is 2.48. The molecule has 0 aliphatic carbocycles. The molecule has 2 heterocycles. The summed E-state index contributed by atoms with van der Waals surface area (Å²) in [5, 5.41) is 7.00. The molecule has 1 N–H and O–H groups in total. The van der Waals surface area contributed by atoms with E-state index in [0.29, 0.717) is 6.04 Å². The summed E-state index contributed by atoms with van der Waals surface area (Å²) in [6.07, 6.45) is 2.54. The van der Waals surface area contributed by atoms with Crippen LogP contribution < -0.4 is 5.32 Å². The number of carbonyl (C=O) groups excluding carboxylic acids is 1. The number of aromatic nitrogens is 2. The maximum absolute atomic E-state index is 11.4. The Morgan fingerprint density at radius 3 is 3.08 bits per heavy atom. The summed E-state index contributed by atoms with van der Waals surface area (Å²) in [4.78, 5) is 11.4. The molecule has 0 spiro atoms. The van der Waals surface area contributed by atoms with Gasteiger partial charge in [-0.2, -0.15) is 5.10 Å². The molecule has 70 valence electrons. The molecule has 0 saturated carbocycles. The normalized spacial score (nSPS) is 15.8. The van der Waals surface area contributed by atoms with Crippen LogP contribution in [0.2, 0.25) is 0 Å². The zero-order chi connectivity index (χ0) is 9.42. The van der Waals surface area contributed by atoms with Crippen LogP contribution >= 0.6 is 0 Å². The lowest BCUT2D eigenvalue weighted by Gasteiger charge is -2.16. The van der Waals surface area contributed by atoms with Gasteiger partial charge in [0.1, 0.15) is 0 Å². The van der Waals surface area contributed by atoms with E-state index in [2.05, 4.69) is 24.3 Å². The van der Waals surface area contributed by atoms with Gasteiger partial charge in [-0.25, -0.2) is 0 Å². The highest BCUT2D eigenvalue weighted by molar-refractivity contribution is 5.96. The van der Waals surface area contributed by atoms with Gasteiger partial charge in [-0.15, -0.1) is 0 Å². The Labute approximate surface area is 76.9 Å². The second-order valence-electron chi connectivity index (χ2n) is 3.55. The second-order valence-corrected chi connectivity index (χ2v) is 3.55. The lowest BCUT2D eigenvalue weighted by Crippen LogP contribution is -2.32. The van der Waals surface area contributed by atoms with E-state index in [1.165, 1.54) is 0 Å². The van der Waals surface area contributed by atoms with E-state index in [-0.39, 0.29) is 5.91 Å². The van der Waals surface area contributed by atoms with Crippen molar-refractivity contribution in [2.75, 3.05) is 6.54 Å². The van der Waals surface area contributed by atoms with Gasteiger partial charge in [-0.1, -0.05) is 0 Å². The van der Waals surface area contributed by atoms with Crippen molar-refractivity contribution in [1.29, 1.82) is 0 Å². The first-order chi connectivity index (χ1) is 6.20. The highest BCUT2D eigenvalue weighted by Gasteiger charge is 2.21. The van der Waals surface area contributed by atoms with Gasteiger partial charge < -0.3 is 5.32 Å². The standard InChI is InChI=1S/C9H13N3O/c1-6(2)12-8-3-4-10-9(13)7(8)5-11-12/h5-6H,3-4H2,1-2H3,(H,10,13). The molecule has 2 rings (SSSR count). The van der Waals surface area contributed by atoms with Crippen molar-refractivity contribution < 1.29 is 4.79 Å². The molecular formula is C9H13N3O. The van der Waals surface area contributed by atoms with Crippen LogP contribution in [-0.2, 0) is 6.42 Å². The van der Waals surface area contributed by atoms with Crippen molar-refractivity contribution in [2.24, 2.45) is 0 Å². The maximum Gasteiger partial charge on any atom is 0.254 e. The number of hydrogen-bond donors (Lipinski definition) is 1. The van der Waals surface area contributed by atoms with Crippen LogP contribution in [0, 0.1) is 0 Å². The van der Waals surface area contributed by atoms with Gasteiger partial charge in [0.15, 0.2) is 0 Å². The Balaban J connectivity index is 2.47. The van der Waals surface area contributed by atoms with Gasteiger partial charge in [0.2, 0.25) is 0 Å². The first kappa shape index (κ1) is 8.29. The first-order valence-electron chi connectivity index (χ1n) is 4.54. The van der Waals surface area contributed by atoms with E-state index < -0.39 is 0 Å². The smallest absolute Gasteiger partial charge is 0.254 e. The Morgan fingerprint density at radius 2 is 2.38 bits per heavy atom. The van der Waals surface area contributed by atoms with E-state index in [9.17, 15) is 4.79 Å². The van der Waals surface area contributed by atoms with Gasteiger partial charge in [0.05, 0.1) is 17.5 Å². The molecular weight excluding hydrogens is 166 g/mol. The predicted molar refractivity (Wildman–Crippen MR) is 48.6 cm³/mol. The third-order valence-electron chi connectivity index (χ3n) is 2.28. The van der Waals surface area contributed by atoms with Gasteiger partial charge in [0.25, 0.3) is 5.91 Å². The number of nitrogens with one attached hydrogen (secondary N) is 1. The van der Waals surface area contributed by atoms with E-state index >= 15 is 0 Å².